The first kappa shape index (κ1) is 22.4. The predicted molar refractivity (Wildman–Crippen MR) is 128 cm³/mol. The van der Waals surface area contributed by atoms with Gasteiger partial charge in [0.2, 0.25) is 0 Å². The molecule has 1 saturated heterocycles. The Labute approximate surface area is 202 Å². The zero-order valence-corrected chi connectivity index (χ0v) is 20.7. The fraction of sp³-hybridized carbons (Fsp3) is 0.679. The zero-order chi connectivity index (χ0) is 23.5. The van der Waals surface area contributed by atoms with Gasteiger partial charge in [-0.3, -0.25) is 9.69 Å². The molecule has 6 aliphatic rings. The Hall–Kier alpha value is -2.05. The Bertz CT molecular complexity index is 1000. The van der Waals surface area contributed by atoms with E-state index in [1.54, 1.807) is 14.2 Å². The molecule has 1 saturated carbocycles. The molecule has 184 valence electrons. The van der Waals surface area contributed by atoms with E-state index in [4.69, 9.17) is 18.9 Å². The van der Waals surface area contributed by atoms with Crippen molar-refractivity contribution in [2.75, 3.05) is 33.9 Å². The molecule has 2 fully saturated rings. The van der Waals surface area contributed by atoms with Crippen LogP contribution in [0.4, 0.5) is 0 Å². The fourth-order valence-electron chi connectivity index (χ4n) is 7.40. The summed E-state index contributed by atoms with van der Waals surface area (Å²) in [5.74, 6) is 1.87. The van der Waals surface area contributed by atoms with Gasteiger partial charge in [-0.2, -0.15) is 0 Å². The molecule has 0 amide bonds. The third-order valence-corrected chi connectivity index (χ3v) is 9.20. The van der Waals surface area contributed by atoms with Gasteiger partial charge in [0.1, 0.15) is 11.7 Å². The highest BCUT2D eigenvalue weighted by molar-refractivity contribution is 5.75. The van der Waals surface area contributed by atoms with Crippen LogP contribution in [0.2, 0.25) is 0 Å². The van der Waals surface area contributed by atoms with Crippen LogP contribution in [-0.2, 0) is 26.1 Å². The van der Waals surface area contributed by atoms with Gasteiger partial charge in [-0.15, -0.1) is 0 Å². The van der Waals surface area contributed by atoms with Gasteiger partial charge in [0.05, 0.1) is 19.6 Å². The summed E-state index contributed by atoms with van der Waals surface area (Å²) >= 11 is 0. The molecule has 3 aliphatic heterocycles. The van der Waals surface area contributed by atoms with Crippen LogP contribution < -0.4 is 9.47 Å². The number of nitrogens with zero attached hydrogens (tertiary/aromatic N) is 1. The van der Waals surface area contributed by atoms with Crippen LogP contribution in [0.15, 0.2) is 24.3 Å². The summed E-state index contributed by atoms with van der Waals surface area (Å²) < 4.78 is 24.7. The first-order valence-corrected chi connectivity index (χ1v) is 13.1. The van der Waals surface area contributed by atoms with Gasteiger partial charge in [0, 0.05) is 30.7 Å². The summed E-state index contributed by atoms with van der Waals surface area (Å²) in [5.41, 5.74) is 1.55. The highest BCUT2D eigenvalue weighted by Gasteiger charge is 2.65. The average Bonchev–Trinajstić information content (AvgIpc) is 3.59. The van der Waals surface area contributed by atoms with Gasteiger partial charge in [0.15, 0.2) is 11.5 Å². The van der Waals surface area contributed by atoms with Crippen LogP contribution in [0.5, 0.6) is 11.5 Å². The monoisotopic (exact) mass is 467 g/mol. The van der Waals surface area contributed by atoms with Crippen molar-refractivity contribution in [2.24, 2.45) is 11.8 Å². The molecule has 6 nitrogen and oxygen atoms in total. The highest BCUT2D eigenvalue weighted by Crippen LogP contribution is 2.61. The molecular weight excluding hydrogens is 430 g/mol. The molecule has 0 radical (unpaired) electrons. The van der Waals surface area contributed by atoms with E-state index in [9.17, 15) is 4.79 Å². The third kappa shape index (κ3) is 3.17. The fourth-order valence-corrected chi connectivity index (χ4v) is 7.40. The number of benzene rings is 1. The second-order valence-electron chi connectivity index (χ2n) is 10.9. The van der Waals surface area contributed by atoms with Crippen LogP contribution >= 0.6 is 0 Å². The lowest BCUT2D eigenvalue weighted by atomic mass is 9.58. The maximum Gasteiger partial charge on any atom is 0.312 e. The minimum Gasteiger partial charge on any atom is -0.493 e. The Balaban J connectivity index is 1.56. The van der Waals surface area contributed by atoms with Crippen LogP contribution in [0.3, 0.4) is 0 Å². The van der Waals surface area contributed by atoms with Crippen molar-refractivity contribution in [1.82, 2.24) is 4.90 Å². The lowest BCUT2D eigenvalue weighted by Gasteiger charge is -2.52. The average molecular weight is 468 g/mol. The van der Waals surface area contributed by atoms with Crippen molar-refractivity contribution >= 4 is 5.97 Å². The summed E-state index contributed by atoms with van der Waals surface area (Å²) in [6.45, 7) is 4.46. The minimum atomic E-state index is -0.869. The summed E-state index contributed by atoms with van der Waals surface area (Å²) in [6.07, 6.45) is 11.2. The molecule has 1 aromatic carbocycles. The molecule has 3 heterocycles. The van der Waals surface area contributed by atoms with E-state index in [1.807, 2.05) is 6.92 Å². The van der Waals surface area contributed by atoms with Crippen molar-refractivity contribution in [2.45, 2.75) is 75.0 Å². The maximum atomic E-state index is 13.5. The number of ether oxygens (including phenoxy) is 4. The van der Waals surface area contributed by atoms with Gasteiger partial charge in [0.25, 0.3) is 0 Å². The lowest BCUT2D eigenvalue weighted by Crippen LogP contribution is -2.64. The van der Waals surface area contributed by atoms with Crippen molar-refractivity contribution in [3.63, 3.8) is 0 Å². The number of methoxy groups -OCH3 is 2. The van der Waals surface area contributed by atoms with Gasteiger partial charge in [-0.05, 0) is 76.0 Å². The molecule has 1 spiro atoms. The minimum absolute atomic E-state index is 0.176. The summed E-state index contributed by atoms with van der Waals surface area (Å²) in [4.78, 5) is 16.2. The number of carbonyl (C=O) groups is 1. The van der Waals surface area contributed by atoms with Crippen LogP contribution in [-0.4, -0.2) is 62.5 Å². The number of hydrogen-bond acceptors (Lipinski definition) is 6. The van der Waals surface area contributed by atoms with Crippen LogP contribution in [0, 0.1) is 11.8 Å². The quantitative estimate of drug-likeness (QED) is 0.465. The summed E-state index contributed by atoms with van der Waals surface area (Å²) in [6, 6.07) is 4.71. The normalized spacial score (nSPS) is 36.0. The van der Waals surface area contributed by atoms with Gasteiger partial charge >= 0.3 is 5.97 Å². The molecular formula is C28H37NO5. The van der Waals surface area contributed by atoms with Gasteiger partial charge in [-0.25, -0.2) is 0 Å². The van der Waals surface area contributed by atoms with E-state index in [-0.39, 0.29) is 17.5 Å². The van der Waals surface area contributed by atoms with E-state index < -0.39 is 11.5 Å². The second kappa shape index (κ2) is 8.27. The molecule has 0 unspecified atom stereocenters. The Kier molecular flexibility index (Phi) is 5.45. The number of rotatable bonds is 6. The summed E-state index contributed by atoms with van der Waals surface area (Å²) in [5, 5.41) is 0. The molecule has 0 N–H and O–H groups in total. The SMILES string of the molecule is CCOC(=O)[C@H]1CC[C@H]2Cc3ccc(OC)c4c3[C@@]3(CC=C[C@]1(OC)[C@@H]3O4)CCN2CC1CC1. The maximum absolute atomic E-state index is 13.5. The van der Waals surface area contributed by atoms with Crippen molar-refractivity contribution in [3.05, 3.63) is 35.4 Å². The molecule has 5 bridgehead atoms. The number of carbonyl (C=O) groups excluding carboxylic acids is 1. The number of esters is 1. The Morgan fingerprint density at radius 2 is 2.06 bits per heavy atom. The Morgan fingerprint density at radius 3 is 2.79 bits per heavy atom. The third-order valence-electron chi connectivity index (χ3n) is 9.20. The topological polar surface area (TPSA) is 57.2 Å². The van der Waals surface area contributed by atoms with Crippen molar-refractivity contribution in [3.8, 4) is 11.5 Å². The van der Waals surface area contributed by atoms with Crippen molar-refractivity contribution in [1.29, 1.82) is 0 Å². The first-order chi connectivity index (χ1) is 16.6. The van der Waals surface area contributed by atoms with Crippen LogP contribution in [0.25, 0.3) is 0 Å². The summed E-state index contributed by atoms with van der Waals surface area (Å²) in [7, 11) is 3.44. The van der Waals surface area contributed by atoms with E-state index in [0.29, 0.717) is 12.6 Å². The molecule has 3 aliphatic carbocycles. The number of allylic oxidation sites excluding steroid dienone is 1. The largest absolute Gasteiger partial charge is 0.493 e. The molecule has 7 rings (SSSR count). The molecule has 5 atom stereocenters. The second-order valence-corrected chi connectivity index (χ2v) is 10.9. The molecule has 34 heavy (non-hydrogen) atoms. The van der Waals surface area contributed by atoms with E-state index >= 15 is 0 Å². The zero-order valence-electron chi connectivity index (χ0n) is 20.7. The van der Waals surface area contributed by atoms with E-state index in [0.717, 1.165) is 56.1 Å². The number of hydrogen-bond donors (Lipinski definition) is 0. The Morgan fingerprint density at radius 1 is 1.21 bits per heavy atom. The van der Waals surface area contributed by atoms with E-state index in [2.05, 4.69) is 29.2 Å². The van der Waals surface area contributed by atoms with Crippen LogP contribution in [0.1, 0.15) is 56.6 Å². The lowest BCUT2D eigenvalue weighted by molar-refractivity contribution is -0.172. The van der Waals surface area contributed by atoms with Crippen molar-refractivity contribution < 1.29 is 23.7 Å². The standard InChI is InChI=1S/C28H37NO5/c1-4-33-25(30)21-10-9-20-16-19-8-11-22(31-2)24-23(19)27(14-15-29(20)17-18-6-7-18)12-5-13-28(21,32-3)26(27)34-24/h5,8,11,13,18,20-21,26H,4,6-7,9-10,12,14-17H2,1-3H3/t20-,21+,26+,27+,28+/m0/s1. The first-order valence-electron chi connectivity index (χ1n) is 13.1. The molecule has 1 aromatic rings. The predicted octanol–water partition coefficient (Wildman–Crippen LogP) is 4.04. The highest BCUT2D eigenvalue weighted by atomic mass is 16.6. The van der Waals surface area contributed by atoms with Gasteiger partial charge in [-0.1, -0.05) is 18.2 Å². The molecule has 0 aromatic heterocycles. The van der Waals surface area contributed by atoms with Gasteiger partial charge < -0.3 is 18.9 Å². The smallest absolute Gasteiger partial charge is 0.312 e. The van der Waals surface area contributed by atoms with E-state index in [1.165, 1.54) is 30.5 Å². The molecule has 6 heteroatoms. The number of fused-ring (bicyclic) bond motifs is 4.